The molecule has 0 radical (unpaired) electrons. The number of anilines is 1. The van der Waals surface area contributed by atoms with Crippen molar-refractivity contribution < 1.29 is 5.11 Å². The van der Waals surface area contributed by atoms with E-state index in [1.165, 1.54) is 0 Å². The van der Waals surface area contributed by atoms with Crippen LogP contribution in [0.25, 0.3) is 0 Å². The first-order chi connectivity index (χ1) is 7.56. The van der Waals surface area contributed by atoms with E-state index >= 15 is 0 Å². The first kappa shape index (κ1) is 12.9. The van der Waals surface area contributed by atoms with Crippen LogP contribution in [0.2, 0.25) is 0 Å². The van der Waals surface area contributed by atoms with Crippen LogP contribution in [0.4, 0.5) is 5.82 Å². The van der Waals surface area contributed by atoms with E-state index in [1.54, 1.807) is 0 Å². The molecule has 0 aromatic carbocycles. The van der Waals surface area contributed by atoms with Gasteiger partial charge in [0.2, 0.25) is 0 Å². The Morgan fingerprint density at radius 3 is 2.56 bits per heavy atom. The van der Waals surface area contributed by atoms with Gasteiger partial charge in [-0.2, -0.15) is 0 Å². The number of aromatic nitrogens is 2. The molecule has 0 saturated heterocycles. The van der Waals surface area contributed by atoms with Crippen molar-refractivity contribution in [2.75, 3.05) is 11.9 Å². The van der Waals surface area contributed by atoms with Gasteiger partial charge in [0.25, 0.3) is 0 Å². The van der Waals surface area contributed by atoms with Crippen LogP contribution in [0.15, 0.2) is 6.07 Å². The van der Waals surface area contributed by atoms with Crippen molar-refractivity contribution in [2.45, 2.75) is 46.1 Å². The second-order valence-electron chi connectivity index (χ2n) is 4.34. The van der Waals surface area contributed by atoms with Gasteiger partial charge in [-0.1, -0.05) is 20.8 Å². The van der Waals surface area contributed by atoms with Gasteiger partial charge in [-0.25, -0.2) is 9.97 Å². The Labute approximate surface area is 97.1 Å². The highest BCUT2D eigenvalue weighted by Gasteiger charge is 2.09. The van der Waals surface area contributed by atoms with E-state index in [0.29, 0.717) is 5.92 Å². The molecule has 1 heterocycles. The van der Waals surface area contributed by atoms with Crippen molar-refractivity contribution >= 4 is 5.82 Å². The molecule has 0 amide bonds. The minimum Gasteiger partial charge on any atom is -0.394 e. The van der Waals surface area contributed by atoms with Crippen molar-refractivity contribution in [3.63, 3.8) is 0 Å². The van der Waals surface area contributed by atoms with E-state index in [9.17, 15) is 0 Å². The molecule has 0 spiro atoms. The number of aliphatic hydroxyl groups is 1. The summed E-state index contributed by atoms with van der Waals surface area (Å²) in [4.78, 5) is 8.81. The highest BCUT2D eigenvalue weighted by atomic mass is 16.3. The second-order valence-corrected chi connectivity index (χ2v) is 4.34. The van der Waals surface area contributed by atoms with Gasteiger partial charge in [0.15, 0.2) is 0 Å². The van der Waals surface area contributed by atoms with Gasteiger partial charge in [-0.15, -0.1) is 0 Å². The average molecular weight is 223 g/mol. The number of rotatable bonds is 5. The van der Waals surface area contributed by atoms with Crippen LogP contribution in [0.3, 0.4) is 0 Å². The van der Waals surface area contributed by atoms with E-state index in [2.05, 4.69) is 29.1 Å². The van der Waals surface area contributed by atoms with E-state index in [-0.39, 0.29) is 12.6 Å². The van der Waals surface area contributed by atoms with Gasteiger partial charge >= 0.3 is 0 Å². The molecule has 0 fully saturated rings. The predicted octanol–water partition coefficient (Wildman–Crippen LogP) is 2.09. The number of nitrogens with zero attached hydrogens (tertiary/aromatic N) is 2. The summed E-state index contributed by atoms with van der Waals surface area (Å²) in [7, 11) is 0. The Bertz CT molecular complexity index is 335. The monoisotopic (exact) mass is 223 g/mol. The molecular formula is C12H21N3O. The van der Waals surface area contributed by atoms with Crippen LogP contribution in [0, 0.1) is 6.92 Å². The zero-order valence-electron chi connectivity index (χ0n) is 10.5. The van der Waals surface area contributed by atoms with Gasteiger partial charge in [0, 0.05) is 17.7 Å². The lowest BCUT2D eigenvalue weighted by Gasteiger charge is -2.16. The molecule has 2 N–H and O–H groups in total. The lowest BCUT2D eigenvalue weighted by molar-refractivity contribution is 0.271. The van der Waals surface area contributed by atoms with E-state index < -0.39 is 0 Å². The lowest BCUT2D eigenvalue weighted by atomic mass is 10.2. The van der Waals surface area contributed by atoms with Crippen LogP contribution in [0.1, 0.15) is 44.6 Å². The number of aryl methyl sites for hydroxylation is 1. The molecule has 4 heteroatoms. The summed E-state index contributed by atoms with van der Waals surface area (Å²) < 4.78 is 0. The maximum Gasteiger partial charge on any atom is 0.133 e. The Morgan fingerprint density at radius 2 is 2.06 bits per heavy atom. The molecule has 90 valence electrons. The van der Waals surface area contributed by atoms with Crippen LogP contribution in [-0.4, -0.2) is 27.7 Å². The predicted molar refractivity (Wildman–Crippen MR) is 65.6 cm³/mol. The fraction of sp³-hybridized carbons (Fsp3) is 0.667. The quantitative estimate of drug-likeness (QED) is 0.802. The molecule has 1 unspecified atom stereocenters. The molecule has 16 heavy (non-hydrogen) atoms. The van der Waals surface area contributed by atoms with Gasteiger partial charge in [-0.05, 0) is 13.3 Å². The molecule has 4 nitrogen and oxygen atoms in total. The molecule has 0 aliphatic heterocycles. The Kier molecular flexibility index (Phi) is 4.68. The Balaban J connectivity index is 2.87. The maximum atomic E-state index is 9.13. The summed E-state index contributed by atoms with van der Waals surface area (Å²) in [6.07, 6.45) is 0.872. The SMILES string of the molecule is CCC(CO)Nc1cc(C)nc(C(C)C)n1. The van der Waals surface area contributed by atoms with E-state index in [4.69, 9.17) is 5.11 Å². The van der Waals surface area contributed by atoms with E-state index in [0.717, 1.165) is 23.8 Å². The molecule has 1 rings (SSSR count). The number of hydrogen-bond donors (Lipinski definition) is 2. The molecule has 0 aliphatic carbocycles. The average Bonchev–Trinajstić information content (AvgIpc) is 2.25. The molecular weight excluding hydrogens is 202 g/mol. The summed E-state index contributed by atoms with van der Waals surface area (Å²) in [5.41, 5.74) is 0.953. The largest absolute Gasteiger partial charge is 0.394 e. The number of aliphatic hydroxyl groups excluding tert-OH is 1. The highest BCUT2D eigenvalue weighted by Crippen LogP contribution is 2.14. The van der Waals surface area contributed by atoms with Crippen molar-refractivity contribution in [1.82, 2.24) is 9.97 Å². The fourth-order valence-electron chi connectivity index (χ4n) is 1.41. The van der Waals surface area contributed by atoms with Crippen molar-refractivity contribution in [3.05, 3.63) is 17.6 Å². The third-order valence-corrected chi connectivity index (χ3v) is 2.45. The fourth-order valence-corrected chi connectivity index (χ4v) is 1.41. The van der Waals surface area contributed by atoms with Crippen LogP contribution in [-0.2, 0) is 0 Å². The molecule has 0 aliphatic rings. The van der Waals surface area contributed by atoms with E-state index in [1.807, 2.05) is 19.9 Å². The lowest BCUT2D eigenvalue weighted by Crippen LogP contribution is -2.23. The summed E-state index contributed by atoms with van der Waals surface area (Å²) in [5, 5.41) is 12.3. The third kappa shape index (κ3) is 3.45. The summed E-state index contributed by atoms with van der Waals surface area (Å²) in [5.74, 6) is 1.96. The minimum absolute atomic E-state index is 0.0642. The summed E-state index contributed by atoms with van der Waals surface area (Å²) >= 11 is 0. The second kappa shape index (κ2) is 5.80. The van der Waals surface area contributed by atoms with Crippen molar-refractivity contribution in [1.29, 1.82) is 0 Å². The molecule has 1 atom stereocenters. The number of hydrogen-bond acceptors (Lipinski definition) is 4. The molecule has 0 saturated carbocycles. The smallest absolute Gasteiger partial charge is 0.133 e. The van der Waals surface area contributed by atoms with Crippen molar-refractivity contribution in [3.8, 4) is 0 Å². The molecule has 1 aromatic heterocycles. The highest BCUT2D eigenvalue weighted by molar-refractivity contribution is 5.37. The van der Waals surface area contributed by atoms with Gasteiger partial charge < -0.3 is 10.4 Å². The molecule has 0 bridgehead atoms. The zero-order valence-corrected chi connectivity index (χ0v) is 10.5. The zero-order chi connectivity index (χ0) is 12.1. The van der Waals surface area contributed by atoms with Crippen LogP contribution in [0.5, 0.6) is 0 Å². The van der Waals surface area contributed by atoms with Crippen LogP contribution >= 0.6 is 0 Å². The van der Waals surface area contributed by atoms with Gasteiger partial charge in [0.1, 0.15) is 11.6 Å². The van der Waals surface area contributed by atoms with Crippen LogP contribution < -0.4 is 5.32 Å². The third-order valence-electron chi connectivity index (χ3n) is 2.45. The van der Waals surface area contributed by atoms with Crippen molar-refractivity contribution in [2.24, 2.45) is 0 Å². The minimum atomic E-state index is 0.0642. The normalized spacial score (nSPS) is 12.9. The standard InChI is InChI=1S/C12H21N3O/c1-5-10(7-16)14-11-6-9(4)13-12(15-11)8(2)3/h6,8,10,16H,5,7H2,1-4H3,(H,13,14,15). The first-order valence-electron chi connectivity index (χ1n) is 5.79. The Morgan fingerprint density at radius 1 is 1.38 bits per heavy atom. The van der Waals surface area contributed by atoms with Gasteiger partial charge in [-0.3, -0.25) is 0 Å². The maximum absolute atomic E-state index is 9.13. The van der Waals surface area contributed by atoms with Gasteiger partial charge in [0.05, 0.1) is 12.6 Å². The molecule has 1 aromatic rings. The number of nitrogens with one attached hydrogen (secondary N) is 1. The first-order valence-corrected chi connectivity index (χ1v) is 5.79. The Hall–Kier alpha value is -1.16. The summed E-state index contributed by atoms with van der Waals surface area (Å²) in [6.45, 7) is 8.25. The topological polar surface area (TPSA) is 58.0 Å². The summed E-state index contributed by atoms with van der Waals surface area (Å²) in [6, 6.07) is 1.97.